The molecular weight excluding hydrogens is 188 g/mol. The van der Waals surface area contributed by atoms with E-state index in [-0.39, 0.29) is 0 Å². The lowest BCUT2D eigenvalue weighted by Crippen LogP contribution is -2.27. The fourth-order valence-corrected chi connectivity index (χ4v) is 1.78. The molecule has 1 N–H and O–H groups in total. The molecule has 1 aromatic heterocycles. The second kappa shape index (κ2) is 5.57. The summed E-state index contributed by atoms with van der Waals surface area (Å²) in [5.74, 6) is 7.16. The number of hydrogen-bond donors (Lipinski definition) is 1. The number of nitrogens with one attached hydrogen (secondary N) is 1. The largest absolute Gasteiger partial charge is 0.364 e. The van der Waals surface area contributed by atoms with Crippen LogP contribution in [-0.4, -0.2) is 18.2 Å². The Morgan fingerprint density at radius 3 is 3.00 bits per heavy atom. The fourth-order valence-electron chi connectivity index (χ4n) is 1.78. The lowest BCUT2D eigenvalue weighted by Gasteiger charge is -2.20. The second-order valence-electron chi connectivity index (χ2n) is 3.92. The summed E-state index contributed by atoms with van der Waals surface area (Å²) in [4.78, 5) is 0. The highest BCUT2D eigenvalue weighted by Gasteiger charge is 2.10. The van der Waals surface area contributed by atoms with Crippen LogP contribution in [-0.2, 0) is 6.42 Å². The molecular formula is C12H16N2O. The first-order valence-corrected chi connectivity index (χ1v) is 5.51. The molecule has 15 heavy (non-hydrogen) atoms. The summed E-state index contributed by atoms with van der Waals surface area (Å²) in [5.41, 5.74) is 0.924. The van der Waals surface area contributed by atoms with E-state index in [0.29, 0.717) is 6.42 Å². The quantitative estimate of drug-likeness (QED) is 0.744. The van der Waals surface area contributed by atoms with Crippen LogP contribution in [0.4, 0.5) is 0 Å². The third kappa shape index (κ3) is 3.41. The molecule has 80 valence electrons. The van der Waals surface area contributed by atoms with E-state index < -0.39 is 0 Å². The molecule has 0 atom stereocenters. The Bertz CT molecular complexity index is 328. The van der Waals surface area contributed by atoms with Gasteiger partial charge in [-0.25, -0.2) is 0 Å². The van der Waals surface area contributed by atoms with E-state index in [1.807, 2.05) is 6.07 Å². The third-order valence-corrected chi connectivity index (χ3v) is 2.74. The van der Waals surface area contributed by atoms with Crippen LogP contribution in [0.25, 0.3) is 0 Å². The molecule has 2 rings (SSSR count). The summed E-state index contributed by atoms with van der Waals surface area (Å²) in [7, 11) is 0. The summed E-state index contributed by atoms with van der Waals surface area (Å²) < 4.78 is 4.74. The van der Waals surface area contributed by atoms with Crippen molar-refractivity contribution in [2.75, 3.05) is 13.1 Å². The first-order valence-electron chi connectivity index (χ1n) is 5.51. The minimum Gasteiger partial charge on any atom is -0.364 e. The predicted octanol–water partition coefficient (Wildman–Crippen LogP) is 1.61. The summed E-state index contributed by atoms with van der Waals surface area (Å²) in [5, 5.41) is 7.17. The molecule has 2 heterocycles. The van der Waals surface area contributed by atoms with Gasteiger partial charge in [0.1, 0.15) is 6.26 Å². The third-order valence-electron chi connectivity index (χ3n) is 2.74. The van der Waals surface area contributed by atoms with Crippen molar-refractivity contribution in [2.24, 2.45) is 5.92 Å². The van der Waals surface area contributed by atoms with Crippen LogP contribution in [0.5, 0.6) is 0 Å². The van der Waals surface area contributed by atoms with E-state index in [4.69, 9.17) is 4.52 Å². The maximum Gasteiger partial charge on any atom is 0.124 e. The second-order valence-corrected chi connectivity index (χ2v) is 3.92. The summed E-state index contributed by atoms with van der Waals surface area (Å²) in [6.45, 7) is 2.30. The number of aromatic nitrogens is 1. The van der Waals surface area contributed by atoms with Gasteiger partial charge in [-0.1, -0.05) is 11.1 Å². The Morgan fingerprint density at radius 2 is 2.27 bits per heavy atom. The van der Waals surface area contributed by atoms with Crippen LogP contribution in [0.1, 0.15) is 25.0 Å². The van der Waals surface area contributed by atoms with Gasteiger partial charge in [0, 0.05) is 12.5 Å². The van der Waals surface area contributed by atoms with Gasteiger partial charge < -0.3 is 9.84 Å². The van der Waals surface area contributed by atoms with Crippen LogP contribution in [0, 0.1) is 17.8 Å². The molecule has 0 unspecified atom stereocenters. The van der Waals surface area contributed by atoms with Crippen LogP contribution in [0.3, 0.4) is 0 Å². The summed E-state index contributed by atoms with van der Waals surface area (Å²) in [6, 6.07) is 1.86. The van der Waals surface area contributed by atoms with Gasteiger partial charge in [-0.3, -0.25) is 0 Å². The summed E-state index contributed by atoms with van der Waals surface area (Å²) >= 11 is 0. The normalized spacial score (nSPS) is 17.1. The van der Waals surface area contributed by atoms with Crippen LogP contribution in [0.15, 0.2) is 16.9 Å². The molecule has 0 saturated carbocycles. The van der Waals surface area contributed by atoms with Gasteiger partial charge in [-0.05, 0) is 31.8 Å². The molecule has 0 bridgehead atoms. The highest BCUT2D eigenvalue weighted by molar-refractivity contribution is 5.10. The standard InChI is InChI=1S/C12H16N2O/c1(2-4-12-7-10-15-14-12)3-11-5-8-13-9-6-11/h7,10-11,13H,3-6,8-9H2. The van der Waals surface area contributed by atoms with Crippen LogP contribution in [0.2, 0.25) is 0 Å². The van der Waals surface area contributed by atoms with Gasteiger partial charge in [0.05, 0.1) is 12.1 Å². The average molecular weight is 204 g/mol. The summed E-state index contributed by atoms with van der Waals surface area (Å²) in [6.07, 6.45) is 5.85. The molecule has 1 saturated heterocycles. The molecule has 3 nitrogen and oxygen atoms in total. The van der Waals surface area contributed by atoms with E-state index in [9.17, 15) is 0 Å². The Balaban J connectivity index is 1.70. The lowest BCUT2D eigenvalue weighted by molar-refractivity contribution is 0.381. The van der Waals surface area contributed by atoms with Crippen molar-refractivity contribution in [3.05, 3.63) is 18.0 Å². The van der Waals surface area contributed by atoms with Crippen LogP contribution < -0.4 is 5.32 Å². The number of rotatable bonds is 2. The zero-order valence-electron chi connectivity index (χ0n) is 8.83. The average Bonchev–Trinajstić information content (AvgIpc) is 2.79. The maximum absolute atomic E-state index is 4.74. The maximum atomic E-state index is 4.74. The highest BCUT2D eigenvalue weighted by Crippen LogP contribution is 2.14. The Hall–Kier alpha value is -1.27. The van der Waals surface area contributed by atoms with Crippen molar-refractivity contribution in [2.45, 2.75) is 25.7 Å². The topological polar surface area (TPSA) is 38.1 Å². The first-order chi connectivity index (χ1) is 7.45. The van der Waals surface area contributed by atoms with Gasteiger partial charge in [0.2, 0.25) is 0 Å². The SMILES string of the molecule is C(#CCC1CCNCC1)Cc1ccon1. The number of hydrogen-bond acceptors (Lipinski definition) is 3. The van der Waals surface area contributed by atoms with Crippen molar-refractivity contribution in [1.29, 1.82) is 0 Å². The predicted molar refractivity (Wildman–Crippen MR) is 58.2 cm³/mol. The highest BCUT2D eigenvalue weighted by atomic mass is 16.5. The van der Waals surface area contributed by atoms with E-state index in [1.54, 1.807) is 6.26 Å². The molecule has 0 aliphatic carbocycles. The number of piperidine rings is 1. The zero-order valence-corrected chi connectivity index (χ0v) is 8.83. The molecule has 1 aliphatic heterocycles. The molecule has 0 aromatic carbocycles. The van der Waals surface area contributed by atoms with Crippen molar-refractivity contribution >= 4 is 0 Å². The Kier molecular flexibility index (Phi) is 3.81. The van der Waals surface area contributed by atoms with E-state index >= 15 is 0 Å². The first kappa shape index (κ1) is 10.3. The van der Waals surface area contributed by atoms with Gasteiger partial charge >= 0.3 is 0 Å². The van der Waals surface area contributed by atoms with E-state index in [2.05, 4.69) is 22.3 Å². The van der Waals surface area contributed by atoms with Crippen molar-refractivity contribution in [3.8, 4) is 11.8 Å². The molecule has 0 amide bonds. The van der Waals surface area contributed by atoms with E-state index in [1.165, 1.54) is 12.8 Å². The van der Waals surface area contributed by atoms with Crippen molar-refractivity contribution in [3.63, 3.8) is 0 Å². The monoisotopic (exact) mass is 204 g/mol. The fraction of sp³-hybridized carbons (Fsp3) is 0.583. The van der Waals surface area contributed by atoms with Gasteiger partial charge in [-0.15, -0.1) is 5.92 Å². The van der Waals surface area contributed by atoms with Gasteiger partial charge in [-0.2, -0.15) is 0 Å². The molecule has 1 aromatic rings. The molecule has 1 fully saturated rings. The molecule has 0 spiro atoms. The smallest absolute Gasteiger partial charge is 0.124 e. The van der Waals surface area contributed by atoms with Crippen molar-refractivity contribution in [1.82, 2.24) is 10.5 Å². The molecule has 3 heteroatoms. The van der Waals surface area contributed by atoms with Crippen molar-refractivity contribution < 1.29 is 4.52 Å². The zero-order chi connectivity index (χ0) is 10.3. The minimum atomic E-state index is 0.710. The van der Waals surface area contributed by atoms with Crippen LogP contribution >= 0.6 is 0 Å². The molecule has 0 radical (unpaired) electrons. The lowest BCUT2D eigenvalue weighted by atomic mass is 9.95. The number of nitrogens with zero attached hydrogens (tertiary/aromatic N) is 1. The minimum absolute atomic E-state index is 0.710. The molecule has 1 aliphatic rings. The van der Waals surface area contributed by atoms with Gasteiger partial charge in [0.15, 0.2) is 0 Å². The van der Waals surface area contributed by atoms with E-state index in [0.717, 1.165) is 31.1 Å². The Labute approximate surface area is 90.2 Å². The van der Waals surface area contributed by atoms with Gasteiger partial charge in [0.25, 0.3) is 0 Å². The Morgan fingerprint density at radius 1 is 1.40 bits per heavy atom.